The summed E-state index contributed by atoms with van der Waals surface area (Å²) in [5.41, 5.74) is 5.65. The average molecular weight is 200 g/mol. The minimum Gasteiger partial charge on any atom is -0.468 e. The van der Waals surface area contributed by atoms with Crippen molar-refractivity contribution in [3.05, 3.63) is 0 Å². The summed E-state index contributed by atoms with van der Waals surface area (Å²) in [6.45, 7) is 4.08. The fourth-order valence-electron chi connectivity index (χ4n) is 1.61. The Labute approximate surface area is 85.4 Å². The van der Waals surface area contributed by atoms with Crippen LogP contribution in [0.2, 0.25) is 0 Å². The minimum atomic E-state index is -0.465. The molecule has 0 bridgehead atoms. The molecule has 1 saturated carbocycles. The molecule has 82 valence electrons. The van der Waals surface area contributed by atoms with Crippen LogP contribution in [0.1, 0.15) is 26.2 Å². The molecule has 2 N–H and O–H groups in total. The van der Waals surface area contributed by atoms with Gasteiger partial charge in [0.05, 0.1) is 7.11 Å². The van der Waals surface area contributed by atoms with Gasteiger partial charge in [0.15, 0.2) is 0 Å². The van der Waals surface area contributed by atoms with Crippen molar-refractivity contribution in [1.82, 2.24) is 4.90 Å². The topological polar surface area (TPSA) is 55.6 Å². The maximum atomic E-state index is 11.0. The van der Waals surface area contributed by atoms with Crippen molar-refractivity contribution < 1.29 is 9.53 Å². The molecular weight excluding hydrogens is 180 g/mol. The number of carbonyl (C=O) groups excluding carboxylic acids is 1. The summed E-state index contributed by atoms with van der Waals surface area (Å²) < 4.78 is 4.57. The smallest absolute Gasteiger partial charge is 0.322 e. The zero-order valence-corrected chi connectivity index (χ0v) is 9.03. The quantitative estimate of drug-likeness (QED) is 0.629. The Morgan fingerprint density at radius 3 is 2.71 bits per heavy atom. The Balaban J connectivity index is 2.20. The highest BCUT2D eigenvalue weighted by molar-refractivity contribution is 5.75. The van der Waals surface area contributed by atoms with Gasteiger partial charge < -0.3 is 15.4 Å². The summed E-state index contributed by atoms with van der Waals surface area (Å²) in [5, 5.41) is 0. The fourth-order valence-corrected chi connectivity index (χ4v) is 1.61. The van der Waals surface area contributed by atoms with Gasteiger partial charge in [-0.25, -0.2) is 0 Å². The molecule has 4 nitrogen and oxygen atoms in total. The Bertz CT molecular complexity index is 193. The summed E-state index contributed by atoms with van der Waals surface area (Å²) in [6.07, 6.45) is 3.28. The van der Waals surface area contributed by atoms with Crippen molar-refractivity contribution in [2.75, 3.05) is 20.2 Å². The van der Waals surface area contributed by atoms with Crippen molar-refractivity contribution >= 4 is 5.97 Å². The first-order chi connectivity index (χ1) is 6.69. The molecule has 0 aromatic rings. The van der Waals surface area contributed by atoms with Crippen LogP contribution in [0.3, 0.4) is 0 Å². The molecule has 0 aromatic heterocycles. The number of hydrogen-bond donors (Lipinski definition) is 1. The lowest BCUT2D eigenvalue weighted by Gasteiger charge is -2.20. The molecule has 1 rings (SSSR count). The first-order valence-electron chi connectivity index (χ1n) is 5.26. The zero-order chi connectivity index (χ0) is 10.6. The third-order valence-electron chi connectivity index (χ3n) is 2.70. The van der Waals surface area contributed by atoms with E-state index in [1.165, 1.54) is 20.0 Å². The maximum absolute atomic E-state index is 11.0. The summed E-state index contributed by atoms with van der Waals surface area (Å²) in [6, 6.07) is 0.276. The number of ether oxygens (including phenoxy) is 1. The van der Waals surface area contributed by atoms with Crippen molar-refractivity contribution in [1.29, 1.82) is 0 Å². The van der Waals surface area contributed by atoms with Gasteiger partial charge in [0.1, 0.15) is 6.04 Å². The van der Waals surface area contributed by atoms with Gasteiger partial charge in [-0.15, -0.1) is 0 Å². The molecule has 0 heterocycles. The van der Waals surface area contributed by atoms with E-state index in [0.717, 1.165) is 19.1 Å². The summed E-state index contributed by atoms with van der Waals surface area (Å²) in [7, 11) is 1.38. The number of nitrogens with two attached hydrogens (primary N) is 1. The van der Waals surface area contributed by atoms with Crippen LogP contribution in [0.5, 0.6) is 0 Å². The standard InChI is InChI=1S/C10H20N2O2/c1-3-12(8-4-5-8)7-6-9(11)10(13)14-2/h8-9H,3-7,11H2,1-2H3. The Hall–Kier alpha value is -0.610. The molecule has 0 aliphatic heterocycles. The second-order valence-corrected chi connectivity index (χ2v) is 3.78. The lowest BCUT2D eigenvalue weighted by Crippen LogP contribution is -2.37. The predicted octanol–water partition coefficient (Wildman–Crippen LogP) is 0.361. The minimum absolute atomic E-state index is 0.308. The number of esters is 1. The van der Waals surface area contributed by atoms with E-state index in [0.29, 0.717) is 6.42 Å². The van der Waals surface area contributed by atoms with Gasteiger partial charge in [-0.2, -0.15) is 0 Å². The van der Waals surface area contributed by atoms with Crippen LogP contribution in [0, 0.1) is 0 Å². The maximum Gasteiger partial charge on any atom is 0.322 e. The van der Waals surface area contributed by atoms with Gasteiger partial charge in [0, 0.05) is 12.6 Å². The second kappa shape index (κ2) is 5.32. The molecule has 1 aliphatic rings. The van der Waals surface area contributed by atoms with E-state index in [9.17, 15) is 4.79 Å². The third-order valence-corrected chi connectivity index (χ3v) is 2.70. The number of rotatable bonds is 6. The van der Waals surface area contributed by atoms with Crippen molar-refractivity contribution in [3.63, 3.8) is 0 Å². The Morgan fingerprint density at radius 1 is 1.64 bits per heavy atom. The molecule has 1 atom stereocenters. The normalized spacial score (nSPS) is 18.3. The van der Waals surface area contributed by atoms with Crippen LogP contribution < -0.4 is 5.73 Å². The van der Waals surface area contributed by atoms with Crippen LogP contribution in [0.25, 0.3) is 0 Å². The van der Waals surface area contributed by atoms with Crippen molar-refractivity contribution in [2.24, 2.45) is 5.73 Å². The van der Waals surface area contributed by atoms with Crippen molar-refractivity contribution in [2.45, 2.75) is 38.3 Å². The highest BCUT2D eigenvalue weighted by Gasteiger charge is 2.28. The first kappa shape index (κ1) is 11.5. The second-order valence-electron chi connectivity index (χ2n) is 3.78. The average Bonchev–Trinajstić information content (AvgIpc) is 3.01. The van der Waals surface area contributed by atoms with Gasteiger partial charge >= 0.3 is 5.97 Å². The third kappa shape index (κ3) is 3.27. The SMILES string of the molecule is CCN(CCC(N)C(=O)OC)C1CC1. The Morgan fingerprint density at radius 2 is 2.29 bits per heavy atom. The number of methoxy groups -OCH3 is 1. The van der Waals surface area contributed by atoms with Crippen LogP contribution in [0.15, 0.2) is 0 Å². The van der Waals surface area contributed by atoms with E-state index in [1.807, 2.05) is 0 Å². The zero-order valence-electron chi connectivity index (χ0n) is 9.03. The van der Waals surface area contributed by atoms with Gasteiger partial charge in [0.25, 0.3) is 0 Å². The van der Waals surface area contributed by atoms with Gasteiger partial charge in [-0.1, -0.05) is 6.92 Å². The first-order valence-corrected chi connectivity index (χ1v) is 5.26. The molecule has 1 aliphatic carbocycles. The molecule has 0 saturated heterocycles. The van der Waals surface area contributed by atoms with Gasteiger partial charge in [0.2, 0.25) is 0 Å². The molecule has 1 unspecified atom stereocenters. The van der Waals surface area contributed by atoms with Crippen LogP contribution in [-0.4, -0.2) is 43.2 Å². The van der Waals surface area contributed by atoms with E-state index in [-0.39, 0.29) is 5.97 Å². The highest BCUT2D eigenvalue weighted by Crippen LogP contribution is 2.26. The highest BCUT2D eigenvalue weighted by atomic mass is 16.5. The van der Waals surface area contributed by atoms with Crippen LogP contribution in [0.4, 0.5) is 0 Å². The summed E-state index contributed by atoms with van der Waals surface area (Å²) in [4.78, 5) is 13.4. The lowest BCUT2D eigenvalue weighted by atomic mass is 10.2. The van der Waals surface area contributed by atoms with E-state index in [4.69, 9.17) is 5.73 Å². The van der Waals surface area contributed by atoms with Gasteiger partial charge in [-0.05, 0) is 25.8 Å². The monoisotopic (exact) mass is 200 g/mol. The lowest BCUT2D eigenvalue weighted by molar-refractivity contribution is -0.142. The molecule has 14 heavy (non-hydrogen) atoms. The predicted molar refractivity (Wildman–Crippen MR) is 54.9 cm³/mol. The van der Waals surface area contributed by atoms with E-state index in [2.05, 4.69) is 16.6 Å². The number of carbonyl (C=O) groups is 1. The summed E-state index contributed by atoms with van der Waals surface area (Å²) >= 11 is 0. The molecule has 0 amide bonds. The van der Waals surface area contributed by atoms with E-state index in [1.54, 1.807) is 0 Å². The fraction of sp³-hybridized carbons (Fsp3) is 0.900. The summed E-state index contributed by atoms with van der Waals surface area (Å²) in [5.74, 6) is -0.308. The van der Waals surface area contributed by atoms with E-state index >= 15 is 0 Å². The van der Waals surface area contributed by atoms with Crippen LogP contribution in [-0.2, 0) is 9.53 Å². The number of nitrogens with zero attached hydrogens (tertiary/aromatic N) is 1. The molecule has 0 aromatic carbocycles. The Kier molecular flexibility index (Phi) is 4.35. The van der Waals surface area contributed by atoms with Crippen LogP contribution >= 0.6 is 0 Å². The van der Waals surface area contributed by atoms with E-state index < -0.39 is 6.04 Å². The van der Waals surface area contributed by atoms with Crippen molar-refractivity contribution in [3.8, 4) is 0 Å². The largest absolute Gasteiger partial charge is 0.468 e. The van der Waals surface area contributed by atoms with Gasteiger partial charge in [-0.3, -0.25) is 4.79 Å². The number of hydrogen-bond acceptors (Lipinski definition) is 4. The molecule has 0 spiro atoms. The molecular formula is C10H20N2O2. The molecule has 4 heteroatoms. The molecule has 1 fully saturated rings. The molecule has 0 radical (unpaired) electrons.